The molecule has 0 fully saturated rings. The lowest BCUT2D eigenvalue weighted by molar-refractivity contribution is -0.151. The van der Waals surface area contributed by atoms with Crippen LogP contribution in [0.3, 0.4) is 0 Å². The van der Waals surface area contributed by atoms with Crippen LogP contribution in [0.5, 0.6) is 5.75 Å². The SMILES string of the molecule is CCOC(=O)C(CC)Oc1ccc2c(c1)[C@@H](O)CCC2. The zero-order valence-electron chi connectivity index (χ0n) is 12.1. The van der Waals surface area contributed by atoms with Crippen molar-refractivity contribution in [2.75, 3.05) is 6.61 Å². The standard InChI is InChI=1S/C16H22O4/c1-3-15(16(18)19-4-2)20-12-9-8-11-6-5-7-14(17)13(11)10-12/h8-10,14-15,17H,3-7H2,1-2H3/t14-,15?/m0/s1. The highest BCUT2D eigenvalue weighted by atomic mass is 16.6. The van der Waals surface area contributed by atoms with Crippen LogP contribution >= 0.6 is 0 Å². The average Bonchev–Trinajstić information content (AvgIpc) is 2.45. The molecule has 4 heteroatoms. The summed E-state index contributed by atoms with van der Waals surface area (Å²) in [5.41, 5.74) is 2.09. The molecule has 0 spiro atoms. The molecule has 1 aromatic rings. The number of benzene rings is 1. The van der Waals surface area contributed by atoms with Crippen molar-refractivity contribution < 1.29 is 19.4 Å². The van der Waals surface area contributed by atoms with Crippen LogP contribution in [0, 0.1) is 0 Å². The molecule has 0 saturated carbocycles. The van der Waals surface area contributed by atoms with Gasteiger partial charge in [0.15, 0.2) is 6.10 Å². The maximum atomic E-state index is 11.7. The molecular formula is C16H22O4. The molecule has 2 rings (SSSR count). The van der Waals surface area contributed by atoms with Gasteiger partial charge in [0.2, 0.25) is 0 Å². The molecular weight excluding hydrogens is 256 g/mol. The first-order chi connectivity index (χ1) is 9.65. The highest BCUT2D eigenvalue weighted by molar-refractivity contribution is 5.75. The van der Waals surface area contributed by atoms with Crippen LogP contribution in [0.1, 0.15) is 50.3 Å². The lowest BCUT2D eigenvalue weighted by Crippen LogP contribution is -2.28. The molecule has 0 bridgehead atoms. The highest BCUT2D eigenvalue weighted by Gasteiger charge is 2.22. The Bertz CT molecular complexity index is 470. The van der Waals surface area contributed by atoms with E-state index in [9.17, 15) is 9.90 Å². The van der Waals surface area contributed by atoms with Crippen molar-refractivity contribution in [2.24, 2.45) is 0 Å². The van der Waals surface area contributed by atoms with Crippen LogP contribution in [-0.2, 0) is 16.0 Å². The molecule has 20 heavy (non-hydrogen) atoms. The summed E-state index contributed by atoms with van der Waals surface area (Å²) in [6.45, 7) is 4.01. The van der Waals surface area contributed by atoms with Crippen molar-refractivity contribution in [2.45, 2.75) is 51.7 Å². The van der Waals surface area contributed by atoms with Crippen LogP contribution in [0.15, 0.2) is 18.2 Å². The summed E-state index contributed by atoms with van der Waals surface area (Å²) in [5, 5.41) is 10.0. The van der Waals surface area contributed by atoms with E-state index >= 15 is 0 Å². The molecule has 1 unspecified atom stereocenters. The first-order valence-corrected chi connectivity index (χ1v) is 7.29. The van der Waals surface area contributed by atoms with E-state index < -0.39 is 12.2 Å². The normalized spacial score (nSPS) is 19.1. The summed E-state index contributed by atoms with van der Waals surface area (Å²) < 4.78 is 10.7. The Hall–Kier alpha value is -1.55. The molecule has 4 nitrogen and oxygen atoms in total. The van der Waals surface area contributed by atoms with Crippen molar-refractivity contribution in [1.29, 1.82) is 0 Å². The van der Waals surface area contributed by atoms with Gasteiger partial charge in [0.1, 0.15) is 5.75 Å². The quantitative estimate of drug-likeness (QED) is 0.841. The van der Waals surface area contributed by atoms with E-state index in [0.717, 1.165) is 24.8 Å². The zero-order chi connectivity index (χ0) is 14.5. The fourth-order valence-electron chi connectivity index (χ4n) is 2.52. The number of esters is 1. The highest BCUT2D eigenvalue weighted by Crippen LogP contribution is 2.32. The predicted molar refractivity (Wildman–Crippen MR) is 75.7 cm³/mol. The minimum atomic E-state index is -0.589. The number of fused-ring (bicyclic) bond motifs is 1. The van der Waals surface area contributed by atoms with Gasteiger partial charge in [0, 0.05) is 0 Å². The van der Waals surface area contributed by atoms with Gasteiger partial charge in [-0.3, -0.25) is 0 Å². The van der Waals surface area contributed by atoms with Gasteiger partial charge in [0.25, 0.3) is 0 Å². The van der Waals surface area contributed by atoms with Crippen molar-refractivity contribution in [3.63, 3.8) is 0 Å². The molecule has 0 aliphatic heterocycles. The Labute approximate surface area is 119 Å². The monoisotopic (exact) mass is 278 g/mol. The summed E-state index contributed by atoms with van der Waals surface area (Å²) in [5.74, 6) is 0.276. The molecule has 1 aliphatic rings. The van der Waals surface area contributed by atoms with E-state index in [-0.39, 0.29) is 5.97 Å². The number of carbonyl (C=O) groups is 1. The van der Waals surface area contributed by atoms with Gasteiger partial charge in [0.05, 0.1) is 12.7 Å². The van der Waals surface area contributed by atoms with E-state index in [2.05, 4.69) is 0 Å². The van der Waals surface area contributed by atoms with Crippen LogP contribution in [0.25, 0.3) is 0 Å². The molecule has 2 atom stereocenters. The summed E-state index contributed by atoms with van der Waals surface area (Å²) in [4.78, 5) is 11.7. The van der Waals surface area contributed by atoms with Crippen molar-refractivity contribution in [3.8, 4) is 5.75 Å². The number of aliphatic hydroxyl groups excluding tert-OH is 1. The number of aryl methyl sites for hydroxylation is 1. The summed E-state index contributed by atoms with van der Waals surface area (Å²) in [7, 11) is 0. The van der Waals surface area contributed by atoms with Gasteiger partial charge in [-0.2, -0.15) is 0 Å². The number of ether oxygens (including phenoxy) is 2. The van der Waals surface area contributed by atoms with E-state index in [4.69, 9.17) is 9.47 Å². The molecule has 0 amide bonds. The van der Waals surface area contributed by atoms with Gasteiger partial charge in [-0.05, 0) is 55.9 Å². The summed E-state index contributed by atoms with van der Waals surface area (Å²) in [6, 6.07) is 5.69. The Balaban J connectivity index is 2.13. The lowest BCUT2D eigenvalue weighted by Gasteiger charge is -2.23. The fourth-order valence-corrected chi connectivity index (χ4v) is 2.52. The van der Waals surface area contributed by atoms with Gasteiger partial charge in [-0.25, -0.2) is 4.79 Å². The second kappa shape index (κ2) is 6.75. The summed E-state index contributed by atoms with van der Waals surface area (Å²) >= 11 is 0. The third kappa shape index (κ3) is 3.31. The molecule has 1 aliphatic carbocycles. The number of carbonyl (C=O) groups excluding carboxylic acids is 1. The second-order valence-corrected chi connectivity index (χ2v) is 5.04. The van der Waals surface area contributed by atoms with Crippen LogP contribution in [-0.4, -0.2) is 23.8 Å². The topological polar surface area (TPSA) is 55.8 Å². The zero-order valence-corrected chi connectivity index (χ0v) is 12.1. The maximum Gasteiger partial charge on any atom is 0.347 e. The number of hydrogen-bond donors (Lipinski definition) is 1. The van der Waals surface area contributed by atoms with Gasteiger partial charge in [-0.15, -0.1) is 0 Å². The smallest absolute Gasteiger partial charge is 0.347 e. The van der Waals surface area contributed by atoms with Crippen molar-refractivity contribution >= 4 is 5.97 Å². The van der Waals surface area contributed by atoms with Crippen molar-refractivity contribution in [3.05, 3.63) is 29.3 Å². The first-order valence-electron chi connectivity index (χ1n) is 7.29. The predicted octanol–water partition coefficient (Wildman–Crippen LogP) is 2.78. The maximum absolute atomic E-state index is 11.7. The minimum absolute atomic E-state index is 0.340. The number of aliphatic hydroxyl groups is 1. The molecule has 1 N–H and O–H groups in total. The van der Waals surface area contributed by atoms with E-state index in [0.29, 0.717) is 18.8 Å². The second-order valence-electron chi connectivity index (χ2n) is 5.04. The van der Waals surface area contributed by atoms with Gasteiger partial charge >= 0.3 is 5.97 Å². The summed E-state index contributed by atoms with van der Waals surface area (Å²) in [6.07, 6.45) is 2.32. The average molecular weight is 278 g/mol. The number of rotatable bonds is 5. The Morgan fingerprint density at radius 3 is 2.95 bits per heavy atom. The van der Waals surface area contributed by atoms with Crippen molar-refractivity contribution in [1.82, 2.24) is 0 Å². The van der Waals surface area contributed by atoms with Gasteiger partial charge in [-0.1, -0.05) is 13.0 Å². The minimum Gasteiger partial charge on any atom is -0.479 e. The van der Waals surface area contributed by atoms with Crippen LogP contribution in [0.4, 0.5) is 0 Å². The first kappa shape index (κ1) is 14.9. The van der Waals surface area contributed by atoms with E-state index in [1.165, 1.54) is 5.56 Å². The molecule has 110 valence electrons. The molecule has 1 aromatic carbocycles. The van der Waals surface area contributed by atoms with Crippen LogP contribution < -0.4 is 4.74 Å². The Morgan fingerprint density at radius 1 is 1.45 bits per heavy atom. The lowest BCUT2D eigenvalue weighted by atomic mass is 9.89. The molecule has 0 heterocycles. The largest absolute Gasteiger partial charge is 0.479 e. The van der Waals surface area contributed by atoms with Gasteiger partial charge < -0.3 is 14.6 Å². The van der Waals surface area contributed by atoms with E-state index in [1.807, 2.05) is 25.1 Å². The Kier molecular flexibility index (Phi) is 5.01. The third-order valence-electron chi connectivity index (χ3n) is 3.60. The molecule has 0 aromatic heterocycles. The van der Waals surface area contributed by atoms with E-state index in [1.54, 1.807) is 6.92 Å². The fraction of sp³-hybridized carbons (Fsp3) is 0.562. The third-order valence-corrected chi connectivity index (χ3v) is 3.60. The Morgan fingerprint density at radius 2 is 2.25 bits per heavy atom. The molecule has 0 saturated heterocycles. The molecule has 0 radical (unpaired) electrons. The van der Waals surface area contributed by atoms with Crippen LogP contribution in [0.2, 0.25) is 0 Å². The number of hydrogen-bond acceptors (Lipinski definition) is 4.